The number of benzene rings is 2. The minimum absolute atomic E-state index is 0.0313. The predicted octanol–water partition coefficient (Wildman–Crippen LogP) is 3.04. The summed E-state index contributed by atoms with van der Waals surface area (Å²) < 4.78 is 10.2. The standard InChI is InChI=1S/C26H32N2O7S2/c1-6-35-24(31)22(27-16(3)29)13-37-26(33)23(28-17(4)30)14-36-25(32)15(2)18-7-8-20-12-21(34-5)10-9-19(20)11-18/h7-12,15,22-23H,6,13-14H2,1-5H3,(H,27,29)(H,28,30)/t15-,22?,23?/m1/s1. The van der Waals surface area contributed by atoms with Crippen molar-refractivity contribution in [1.82, 2.24) is 10.6 Å². The van der Waals surface area contributed by atoms with Gasteiger partial charge < -0.3 is 20.1 Å². The Kier molecular flexibility index (Phi) is 11.9. The van der Waals surface area contributed by atoms with Crippen molar-refractivity contribution in [2.24, 2.45) is 0 Å². The number of methoxy groups -OCH3 is 1. The SMILES string of the molecule is CCOC(=O)C(CSC(=O)C(CSC(=O)[C@H](C)c1ccc2cc(OC)ccc2c1)NC(C)=O)NC(C)=O. The third-order valence-corrected chi connectivity index (χ3v) is 7.53. The van der Waals surface area contributed by atoms with Gasteiger partial charge in [0.05, 0.1) is 19.6 Å². The highest BCUT2D eigenvalue weighted by Crippen LogP contribution is 2.28. The van der Waals surface area contributed by atoms with Gasteiger partial charge in [-0.05, 0) is 35.4 Å². The molecule has 0 aliphatic heterocycles. The topological polar surface area (TPSA) is 128 Å². The number of rotatable bonds is 12. The van der Waals surface area contributed by atoms with Crippen LogP contribution in [0.3, 0.4) is 0 Å². The third kappa shape index (κ3) is 9.40. The molecule has 2 amide bonds. The fourth-order valence-electron chi connectivity index (χ4n) is 3.40. The summed E-state index contributed by atoms with van der Waals surface area (Å²) in [7, 11) is 1.60. The summed E-state index contributed by atoms with van der Waals surface area (Å²) in [4.78, 5) is 61.0. The summed E-state index contributed by atoms with van der Waals surface area (Å²) in [5, 5.41) is 6.42. The zero-order valence-electron chi connectivity index (χ0n) is 21.5. The monoisotopic (exact) mass is 548 g/mol. The highest BCUT2D eigenvalue weighted by Gasteiger charge is 2.27. The van der Waals surface area contributed by atoms with Crippen LogP contribution < -0.4 is 15.4 Å². The normalized spacial score (nSPS) is 13.2. The van der Waals surface area contributed by atoms with Gasteiger partial charge in [-0.2, -0.15) is 0 Å². The molecule has 0 saturated heterocycles. The highest BCUT2D eigenvalue weighted by molar-refractivity contribution is 8.15. The zero-order valence-corrected chi connectivity index (χ0v) is 23.1. The molecule has 2 N–H and O–H groups in total. The lowest BCUT2D eigenvalue weighted by Gasteiger charge is -2.19. The van der Waals surface area contributed by atoms with Crippen LogP contribution >= 0.6 is 23.5 Å². The van der Waals surface area contributed by atoms with E-state index < -0.39 is 40.9 Å². The Labute approximate surface area is 224 Å². The summed E-state index contributed by atoms with van der Waals surface area (Å²) in [6, 6.07) is 9.50. The lowest BCUT2D eigenvalue weighted by Crippen LogP contribution is -2.44. The molecule has 0 saturated carbocycles. The van der Waals surface area contributed by atoms with Crippen LogP contribution in [0.4, 0.5) is 0 Å². The molecule has 2 aromatic rings. The van der Waals surface area contributed by atoms with Gasteiger partial charge in [-0.15, -0.1) is 0 Å². The van der Waals surface area contributed by atoms with Gasteiger partial charge in [0.1, 0.15) is 17.8 Å². The molecule has 0 heterocycles. The van der Waals surface area contributed by atoms with E-state index in [1.54, 1.807) is 21.0 Å². The Morgan fingerprint density at radius 2 is 1.41 bits per heavy atom. The van der Waals surface area contributed by atoms with E-state index in [0.717, 1.165) is 45.6 Å². The largest absolute Gasteiger partial charge is 0.497 e. The van der Waals surface area contributed by atoms with Crippen molar-refractivity contribution in [2.75, 3.05) is 25.2 Å². The van der Waals surface area contributed by atoms with Crippen LogP contribution in [0.5, 0.6) is 5.75 Å². The summed E-state index contributed by atoms with van der Waals surface area (Å²) in [5.74, 6) is -1.24. The molecule has 0 aliphatic rings. The number of carbonyl (C=O) groups is 5. The maximum atomic E-state index is 12.9. The molecule has 37 heavy (non-hydrogen) atoms. The van der Waals surface area contributed by atoms with Crippen LogP contribution in [-0.2, 0) is 28.7 Å². The van der Waals surface area contributed by atoms with E-state index in [1.165, 1.54) is 13.8 Å². The van der Waals surface area contributed by atoms with E-state index in [2.05, 4.69) is 10.6 Å². The molecule has 2 aromatic carbocycles. The number of hydrogen-bond acceptors (Lipinski definition) is 9. The second kappa shape index (κ2) is 14.6. The molecule has 0 fully saturated rings. The first-order valence-corrected chi connectivity index (χ1v) is 13.6. The Bertz CT molecular complexity index is 1150. The van der Waals surface area contributed by atoms with Crippen LogP contribution in [0.25, 0.3) is 10.8 Å². The molecule has 2 rings (SSSR count). The van der Waals surface area contributed by atoms with E-state index in [4.69, 9.17) is 9.47 Å². The Morgan fingerprint density at radius 1 is 0.838 bits per heavy atom. The lowest BCUT2D eigenvalue weighted by atomic mass is 9.99. The first-order chi connectivity index (χ1) is 17.5. The maximum Gasteiger partial charge on any atom is 0.329 e. The van der Waals surface area contributed by atoms with Crippen LogP contribution in [0.15, 0.2) is 36.4 Å². The lowest BCUT2D eigenvalue weighted by molar-refractivity contribution is -0.146. The first-order valence-electron chi connectivity index (χ1n) is 11.7. The summed E-state index contributed by atoms with van der Waals surface area (Å²) >= 11 is 1.75. The highest BCUT2D eigenvalue weighted by atomic mass is 32.2. The van der Waals surface area contributed by atoms with Crippen LogP contribution in [0.2, 0.25) is 0 Å². The number of nitrogens with one attached hydrogen (secondary N) is 2. The van der Waals surface area contributed by atoms with E-state index in [9.17, 15) is 24.0 Å². The van der Waals surface area contributed by atoms with Gasteiger partial charge >= 0.3 is 5.97 Å². The Hall–Kier alpha value is -3.05. The molecule has 0 spiro atoms. The second-order valence-corrected chi connectivity index (χ2v) is 10.3. The van der Waals surface area contributed by atoms with Crippen LogP contribution in [-0.4, -0.2) is 65.3 Å². The van der Waals surface area contributed by atoms with Gasteiger partial charge in [0, 0.05) is 25.4 Å². The van der Waals surface area contributed by atoms with E-state index >= 15 is 0 Å². The van der Waals surface area contributed by atoms with Gasteiger partial charge in [0.2, 0.25) is 16.9 Å². The molecule has 0 aliphatic carbocycles. The van der Waals surface area contributed by atoms with Crippen LogP contribution in [0, 0.1) is 0 Å². The van der Waals surface area contributed by atoms with Gasteiger partial charge in [-0.25, -0.2) is 4.79 Å². The smallest absolute Gasteiger partial charge is 0.329 e. The number of thioether (sulfide) groups is 2. The number of fused-ring (bicyclic) bond motifs is 1. The summed E-state index contributed by atoms with van der Waals surface area (Å²) in [5.41, 5.74) is 0.833. The molecule has 11 heteroatoms. The average Bonchev–Trinajstić information content (AvgIpc) is 2.87. The molecule has 0 aromatic heterocycles. The number of carbonyl (C=O) groups excluding carboxylic acids is 5. The molecule has 200 valence electrons. The van der Waals surface area contributed by atoms with Crippen molar-refractivity contribution < 1.29 is 33.4 Å². The number of esters is 1. The Balaban J connectivity index is 2.04. The molecule has 0 bridgehead atoms. The minimum atomic E-state index is -1.01. The van der Waals surface area contributed by atoms with Gasteiger partial charge in [0.15, 0.2) is 5.12 Å². The van der Waals surface area contributed by atoms with E-state index in [1.807, 2.05) is 36.4 Å². The van der Waals surface area contributed by atoms with Gasteiger partial charge in [-0.3, -0.25) is 19.2 Å². The number of ether oxygens (including phenoxy) is 2. The molecule has 3 atom stereocenters. The van der Waals surface area contributed by atoms with E-state index in [0.29, 0.717) is 0 Å². The van der Waals surface area contributed by atoms with Crippen molar-refractivity contribution >= 4 is 62.3 Å². The zero-order chi connectivity index (χ0) is 27.5. The van der Waals surface area contributed by atoms with Crippen molar-refractivity contribution in [1.29, 1.82) is 0 Å². The fourth-order valence-corrected chi connectivity index (χ4v) is 5.35. The number of amides is 2. The summed E-state index contributed by atoms with van der Waals surface area (Å²) in [6.45, 7) is 6.10. The number of hydrogen-bond donors (Lipinski definition) is 2. The Morgan fingerprint density at radius 3 is 2.03 bits per heavy atom. The predicted molar refractivity (Wildman–Crippen MR) is 146 cm³/mol. The first kappa shape index (κ1) is 30.2. The minimum Gasteiger partial charge on any atom is -0.497 e. The van der Waals surface area contributed by atoms with Gasteiger partial charge in [-0.1, -0.05) is 54.7 Å². The fraction of sp³-hybridized carbons (Fsp3) is 0.423. The molecular formula is C26H32N2O7S2. The van der Waals surface area contributed by atoms with E-state index in [-0.39, 0.29) is 23.2 Å². The molecule has 2 unspecified atom stereocenters. The molecule has 0 radical (unpaired) electrons. The quantitative estimate of drug-likeness (QED) is 0.385. The molecular weight excluding hydrogens is 516 g/mol. The van der Waals surface area contributed by atoms with Crippen molar-refractivity contribution in [2.45, 2.75) is 45.7 Å². The molecule has 9 nitrogen and oxygen atoms in total. The van der Waals surface area contributed by atoms with Gasteiger partial charge in [0.25, 0.3) is 0 Å². The maximum absolute atomic E-state index is 12.9. The summed E-state index contributed by atoms with van der Waals surface area (Å²) in [6.07, 6.45) is 0. The van der Waals surface area contributed by atoms with Crippen molar-refractivity contribution in [3.05, 3.63) is 42.0 Å². The average molecular weight is 549 g/mol. The third-order valence-electron chi connectivity index (χ3n) is 5.32. The van der Waals surface area contributed by atoms with Crippen molar-refractivity contribution in [3.8, 4) is 5.75 Å². The van der Waals surface area contributed by atoms with Crippen LogP contribution in [0.1, 0.15) is 39.2 Å². The van der Waals surface area contributed by atoms with Crippen molar-refractivity contribution in [3.63, 3.8) is 0 Å². The second-order valence-electron chi connectivity index (χ2n) is 8.21.